The number of likely N-dealkylation sites (N-methyl/N-ethyl adjacent to an activating group) is 1. The number of nitrogens with one attached hydrogen (secondary N) is 1. The number of ether oxygens (including phenoxy) is 1. The minimum Gasteiger partial charge on any atom is -0.379 e. The molecule has 2 aromatic heterocycles. The average Bonchev–Trinajstić information content (AvgIpc) is 3.07. The summed E-state index contributed by atoms with van der Waals surface area (Å²) >= 11 is 0. The van der Waals surface area contributed by atoms with Gasteiger partial charge in [-0.1, -0.05) is 0 Å². The van der Waals surface area contributed by atoms with E-state index in [1.54, 1.807) is 6.20 Å². The zero-order valence-electron chi connectivity index (χ0n) is 10.2. The van der Waals surface area contributed by atoms with Gasteiger partial charge in [-0.05, 0) is 6.42 Å². The maximum atomic E-state index is 5.44. The van der Waals surface area contributed by atoms with E-state index in [9.17, 15) is 0 Å². The first kappa shape index (κ1) is 11.2. The van der Waals surface area contributed by atoms with Gasteiger partial charge in [-0.2, -0.15) is 0 Å². The van der Waals surface area contributed by atoms with Crippen LogP contribution in [0.1, 0.15) is 6.42 Å². The van der Waals surface area contributed by atoms with E-state index in [0.29, 0.717) is 11.9 Å². The molecule has 3 heterocycles. The SMILES string of the molecule is CN(c1nc(NN)cn2ccnc12)C1CCOC1. The van der Waals surface area contributed by atoms with Gasteiger partial charge in [0.25, 0.3) is 0 Å². The van der Waals surface area contributed by atoms with Crippen LogP contribution >= 0.6 is 0 Å². The predicted molar refractivity (Wildman–Crippen MR) is 68.4 cm³/mol. The van der Waals surface area contributed by atoms with Crippen LogP contribution in [0.2, 0.25) is 0 Å². The highest BCUT2D eigenvalue weighted by Crippen LogP contribution is 2.23. The number of hydrazine groups is 1. The smallest absolute Gasteiger partial charge is 0.180 e. The van der Waals surface area contributed by atoms with Crippen molar-refractivity contribution < 1.29 is 4.74 Å². The lowest BCUT2D eigenvalue weighted by Gasteiger charge is -2.24. The van der Waals surface area contributed by atoms with Crippen molar-refractivity contribution in [1.82, 2.24) is 14.4 Å². The molecule has 7 heteroatoms. The van der Waals surface area contributed by atoms with E-state index in [2.05, 4.69) is 20.3 Å². The molecule has 1 fully saturated rings. The number of nitrogens with two attached hydrogens (primary N) is 1. The number of imidazole rings is 1. The van der Waals surface area contributed by atoms with E-state index in [1.165, 1.54) is 0 Å². The Bertz CT molecular complexity index is 547. The van der Waals surface area contributed by atoms with Crippen LogP contribution in [0.25, 0.3) is 5.65 Å². The van der Waals surface area contributed by atoms with Crippen LogP contribution < -0.4 is 16.2 Å². The van der Waals surface area contributed by atoms with E-state index < -0.39 is 0 Å². The molecule has 0 aromatic carbocycles. The highest BCUT2D eigenvalue weighted by Gasteiger charge is 2.23. The van der Waals surface area contributed by atoms with Gasteiger partial charge in [-0.3, -0.25) is 0 Å². The standard InChI is InChI=1S/C11H16N6O/c1-16(8-2-5-18-7-8)11-10-13-3-4-17(10)6-9(14-11)15-12/h3-4,6,8,15H,2,5,7,12H2,1H3. The lowest BCUT2D eigenvalue weighted by molar-refractivity contribution is 0.193. The van der Waals surface area contributed by atoms with Crippen molar-refractivity contribution in [2.24, 2.45) is 5.84 Å². The molecule has 7 nitrogen and oxygen atoms in total. The van der Waals surface area contributed by atoms with Gasteiger partial charge >= 0.3 is 0 Å². The van der Waals surface area contributed by atoms with Crippen molar-refractivity contribution in [3.05, 3.63) is 18.6 Å². The van der Waals surface area contributed by atoms with E-state index in [0.717, 1.165) is 31.1 Å². The van der Waals surface area contributed by atoms with Gasteiger partial charge in [0.15, 0.2) is 17.3 Å². The monoisotopic (exact) mass is 248 g/mol. The normalized spacial score (nSPS) is 19.3. The van der Waals surface area contributed by atoms with Crippen LogP contribution in [-0.2, 0) is 4.74 Å². The Morgan fingerprint density at radius 3 is 3.22 bits per heavy atom. The molecule has 3 rings (SSSR count). The van der Waals surface area contributed by atoms with Crippen molar-refractivity contribution in [1.29, 1.82) is 0 Å². The molecular formula is C11H16N6O. The van der Waals surface area contributed by atoms with Crippen molar-refractivity contribution in [2.45, 2.75) is 12.5 Å². The zero-order chi connectivity index (χ0) is 12.5. The highest BCUT2D eigenvalue weighted by molar-refractivity contribution is 5.66. The number of aromatic nitrogens is 3. The molecule has 96 valence electrons. The number of fused-ring (bicyclic) bond motifs is 1. The first-order valence-corrected chi connectivity index (χ1v) is 5.90. The van der Waals surface area contributed by atoms with Crippen LogP contribution in [0.15, 0.2) is 18.6 Å². The van der Waals surface area contributed by atoms with E-state index >= 15 is 0 Å². The molecule has 18 heavy (non-hydrogen) atoms. The average molecular weight is 248 g/mol. The molecule has 0 bridgehead atoms. The molecule has 0 spiro atoms. The van der Waals surface area contributed by atoms with Crippen LogP contribution in [0, 0.1) is 0 Å². The summed E-state index contributed by atoms with van der Waals surface area (Å²) in [5.74, 6) is 6.87. The zero-order valence-corrected chi connectivity index (χ0v) is 10.2. The fourth-order valence-corrected chi connectivity index (χ4v) is 2.22. The first-order valence-electron chi connectivity index (χ1n) is 5.90. The van der Waals surface area contributed by atoms with Gasteiger partial charge in [0.1, 0.15) is 0 Å². The van der Waals surface area contributed by atoms with E-state index in [-0.39, 0.29) is 0 Å². The third kappa shape index (κ3) is 1.77. The summed E-state index contributed by atoms with van der Waals surface area (Å²) in [6.07, 6.45) is 6.44. The molecule has 0 radical (unpaired) electrons. The van der Waals surface area contributed by atoms with Crippen molar-refractivity contribution in [3.8, 4) is 0 Å². The summed E-state index contributed by atoms with van der Waals surface area (Å²) in [5.41, 5.74) is 3.40. The van der Waals surface area contributed by atoms with Crippen molar-refractivity contribution in [3.63, 3.8) is 0 Å². The minimum absolute atomic E-state index is 0.339. The minimum atomic E-state index is 0.339. The Labute approximate surface area is 105 Å². The molecule has 0 saturated carbocycles. The van der Waals surface area contributed by atoms with E-state index in [1.807, 2.05) is 23.8 Å². The summed E-state index contributed by atoms with van der Waals surface area (Å²) in [5, 5.41) is 0. The summed E-state index contributed by atoms with van der Waals surface area (Å²) in [4.78, 5) is 10.9. The second kappa shape index (κ2) is 4.43. The number of hydrogen-bond acceptors (Lipinski definition) is 6. The lowest BCUT2D eigenvalue weighted by atomic mass is 10.2. The Morgan fingerprint density at radius 2 is 2.50 bits per heavy atom. The number of nitrogens with zero attached hydrogens (tertiary/aromatic N) is 4. The second-order valence-corrected chi connectivity index (χ2v) is 4.38. The summed E-state index contributed by atoms with van der Waals surface area (Å²) < 4.78 is 7.32. The third-order valence-electron chi connectivity index (χ3n) is 3.29. The molecular weight excluding hydrogens is 232 g/mol. The Kier molecular flexibility index (Phi) is 2.77. The van der Waals surface area contributed by atoms with Crippen molar-refractivity contribution in [2.75, 3.05) is 30.6 Å². The molecule has 2 aromatic rings. The van der Waals surface area contributed by atoms with Crippen LogP contribution in [0.5, 0.6) is 0 Å². The van der Waals surface area contributed by atoms with Crippen LogP contribution in [0.4, 0.5) is 11.6 Å². The maximum Gasteiger partial charge on any atom is 0.180 e. The third-order valence-corrected chi connectivity index (χ3v) is 3.29. The molecule has 0 aliphatic carbocycles. The van der Waals surface area contributed by atoms with Crippen LogP contribution in [0.3, 0.4) is 0 Å². The number of hydrogen-bond donors (Lipinski definition) is 2. The second-order valence-electron chi connectivity index (χ2n) is 4.38. The fourth-order valence-electron chi connectivity index (χ4n) is 2.22. The molecule has 1 atom stereocenters. The largest absolute Gasteiger partial charge is 0.379 e. The number of rotatable bonds is 3. The Hall–Kier alpha value is -1.86. The van der Waals surface area contributed by atoms with Gasteiger partial charge in [0, 0.05) is 26.0 Å². The number of nitrogen functional groups attached to an aromatic ring is 1. The van der Waals surface area contributed by atoms with Gasteiger partial charge in [0.05, 0.1) is 18.8 Å². The quantitative estimate of drug-likeness (QED) is 0.598. The molecule has 1 aliphatic heterocycles. The van der Waals surface area contributed by atoms with Gasteiger partial charge in [-0.15, -0.1) is 0 Å². The van der Waals surface area contributed by atoms with Crippen molar-refractivity contribution >= 4 is 17.3 Å². The molecule has 1 aliphatic rings. The maximum absolute atomic E-state index is 5.44. The Balaban J connectivity index is 2.05. The molecule has 0 amide bonds. The lowest BCUT2D eigenvalue weighted by Crippen LogP contribution is -2.33. The predicted octanol–water partition coefficient (Wildman–Crippen LogP) is 0.240. The number of anilines is 2. The topological polar surface area (TPSA) is 80.7 Å². The van der Waals surface area contributed by atoms with E-state index in [4.69, 9.17) is 10.6 Å². The van der Waals surface area contributed by atoms with Gasteiger partial charge in [0.2, 0.25) is 0 Å². The highest BCUT2D eigenvalue weighted by atomic mass is 16.5. The van der Waals surface area contributed by atoms with Crippen LogP contribution in [-0.4, -0.2) is 40.7 Å². The molecule has 3 N–H and O–H groups in total. The van der Waals surface area contributed by atoms with Gasteiger partial charge < -0.3 is 19.5 Å². The Morgan fingerprint density at radius 1 is 1.61 bits per heavy atom. The molecule has 1 saturated heterocycles. The first-order chi connectivity index (χ1) is 8.79. The van der Waals surface area contributed by atoms with Gasteiger partial charge in [-0.25, -0.2) is 15.8 Å². The summed E-state index contributed by atoms with van der Waals surface area (Å²) in [6, 6.07) is 0.339. The summed E-state index contributed by atoms with van der Waals surface area (Å²) in [6.45, 7) is 1.53. The summed E-state index contributed by atoms with van der Waals surface area (Å²) in [7, 11) is 2.01. The molecule has 1 unspecified atom stereocenters. The fraction of sp³-hybridized carbons (Fsp3) is 0.455.